The zero-order valence-corrected chi connectivity index (χ0v) is 12.7. The monoisotopic (exact) mass is 288 g/mol. The van der Waals surface area contributed by atoms with Gasteiger partial charge in [-0.25, -0.2) is 4.79 Å². The number of esters is 1. The minimum absolute atomic E-state index is 0.268. The van der Waals surface area contributed by atoms with E-state index in [-0.39, 0.29) is 5.97 Å². The molecule has 0 spiro atoms. The van der Waals surface area contributed by atoms with Gasteiger partial charge in [-0.3, -0.25) is 4.90 Å². The van der Waals surface area contributed by atoms with Crippen molar-refractivity contribution >= 4 is 5.97 Å². The molecule has 1 aromatic rings. The van der Waals surface area contributed by atoms with Gasteiger partial charge in [0.05, 0.1) is 12.7 Å². The van der Waals surface area contributed by atoms with Gasteiger partial charge in [0.15, 0.2) is 0 Å². The summed E-state index contributed by atoms with van der Waals surface area (Å²) in [6.45, 7) is 3.28. The zero-order chi connectivity index (χ0) is 14.7. The largest absolute Gasteiger partial charge is 0.465 e. The number of benzene rings is 1. The second-order valence-corrected chi connectivity index (χ2v) is 6.14. The van der Waals surface area contributed by atoms with Gasteiger partial charge in [0.25, 0.3) is 0 Å². The first-order chi connectivity index (χ1) is 10.3. The van der Waals surface area contributed by atoms with Gasteiger partial charge in [-0.15, -0.1) is 0 Å². The predicted molar refractivity (Wildman–Crippen MR) is 82.2 cm³/mol. The van der Waals surface area contributed by atoms with E-state index in [1.165, 1.54) is 38.4 Å². The number of nitrogens with zero attached hydrogens (tertiary/aromatic N) is 1. The molecule has 1 aliphatic heterocycles. The number of methoxy groups -OCH3 is 1. The van der Waals surface area contributed by atoms with Gasteiger partial charge in [0, 0.05) is 25.2 Å². The Morgan fingerprint density at radius 2 is 2.05 bits per heavy atom. The van der Waals surface area contributed by atoms with Crippen molar-refractivity contribution in [1.29, 1.82) is 0 Å². The fourth-order valence-corrected chi connectivity index (χ4v) is 3.08. The van der Waals surface area contributed by atoms with E-state index in [1.54, 1.807) is 0 Å². The van der Waals surface area contributed by atoms with Crippen LogP contribution >= 0.6 is 0 Å². The fourth-order valence-electron chi connectivity index (χ4n) is 3.08. The first-order valence-electron chi connectivity index (χ1n) is 7.91. The van der Waals surface area contributed by atoms with Gasteiger partial charge >= 0.3 is 5.97 Å². The third-order valence-electron chi connectivity index (χ3n) is 4.44. The average Bonchev–Trinajstić information content (AvgIpc) is 3.24. The van der Waals surface area contributed by atoms with E-state index in [2.05, 4.69) is 10.2 Å². The van der Waals surface area contributed by atoms with E-state index in [0.717, 1.165) is 25.7 Å². The van der Waals surface area contributed by atoms with Crippen LogP contribution in [0.3, 0.4) is 0 Å². The maximum Gasteiger partial charge on any atom is 0.337 e. The molecular formula is C17H24N2O2. The Bertz CT molecular complexity index is 476. The Hall–Kier alpha value is -1.39. The van der Waals surface area contributed by atoms with Gasteiger partial charge in [-0.1, -0.05) is 12.1 Å². The Kier molecular flexibility index (Phi) is 4.56. The molecule has 1 saturated heterocycles. The lowest BCUT2D eigenvalue weighted by molar-refractivity contribution is 0.0600. The standard InChI is InChI=1S/C17H24N2O2/c1-21-17(20)14-6-4-13(5-7-14)11-19(16-8-9-16)12-15-3-2-10-18-15/h4-7,15-16,18H,2-3,8-12H2,1H3. The van der Waals surface area contributed by atoms with E-state index < -0.39 is 0 Å². The summed E-state index contributed by atoms with van der Waals surface area (Å²) in [7, 11) is 1.42. The van der Waals surface area contributed by atoms with Crippen LogP contribution in [0.1, 0.15) is 41.6 Å². The normalized spacial score (nSPS) is 21.7. The van der Waals surface area contributed by atoms with Crippen LogP contribution in [0.25, 0.3) is 0 Å². The molecule has 1 aromatic carbocycles. The Morgan fingerprint density at radius 1 is 1.29 bits per heavy atom. The van der Waals surface area contributed by atoms with Crippen LogP contribution in [-0.4, -0.2) is 43.2 Å². The summed E-state index contributed by atoms with van der Waals surface area (Å²) in [5, 5.41) is 3.58. The summed E-state index contributed by atoms with van der Waals surface area (Å²) in [6.07, 6.45) is 5.25. The highest BCUT2D eigenvalue weighted by Crippen LogP contribution is 2.29. The number of nitrogens with one attached hydrogen (secondary N) is 1. The number of hydrogen-bond acceptors (Lipinski definition) is 4. The lowest BCUT2D eigenvalue weighted by Gasteiger charge is -2.25. The number of hydrogen-bond donors (Lipinski definition) is 1. The van der Waals surface area contributed by atoms with Crippen molar-refractivity contribution < 1.29 is 9.53 Å². The maximum atomic E-state index is 11.5. The van der Waals surface area contributed by atoms with E-state index >= 15 is 0 Å². The summed E-state index contributed by atoms with van der Waals surface area (Å²) in [4.78, 5) is 14.0. The summed E-state index contributed by atoms with van der Waals surface area (Å²) < 4.78 is 4.74. The van der Waals surface area contributed by atoms with Crippen molar-refractivity contribution in [3.8, 4) is 0 Å². The molecule has 1 atom stereocenters. The predicted octanol–water partition coefficient (Wildman–Crippen LogP) is 2.19. The Morgan fingerprint density at radius 3 is 2.62 bits per heavy atom. The van der Waals surface area contributed by atoms with Gasteiger partial charge in [0.1, 0.15) is 0 Å². The van der Waals surface area contributed by atoms with Crippen LogP contribution in [-0.2, 0) is 11.3 Å². The Labute approximate surface area is 126 Å². The molecule has 0 amide bonds. The first kappa shape index (κ1) is 14.5. The number of rotatable bonds is 6. The molecule has 0 radical (unpaired) electrons. The van der Waals surface area contributed by atoms with Crippen molar-refractivity contribution in [2.45, 2.75) is 44.3 Å². The SMILES string of the molecule is COC(=O)c1ccc(CN(CC2CCCN2)C2CC2)cc1. The minimum atomic E-state index is -0.268. The van der Waals surface area contributed by atoms with Crippen molar-refractivity contribution in [2.24, 2.45) is 0 Å². The lowest BCUT2D eigenvalue weighted by Crippen LogP contribution is -2.38. The molecule has 21 heavy (non-hydrogen) atoms. The van der Waals surface area contributed by atoms with Crippen LogP contribution < -0.4 is 5.32 Å². The van der Waals surface area contributed by atoms with E-state index in [0.29, 0.717) is 11.6 Å². The zero-order valence-electron chi connectivity index (χ0n) is 12.7. The molecule has 1 heterocycles. The lowest BCUT2D eigenvalue weighted by atomic mass is 10.1. The highest BCUT2D eigenvalue weighted by molar-refractivity contribution is 5.89. The topological polar surface area (TPSA) is 41.6 Å². The Balaban J connectivity index is 1.60. The summed E-state index contributed by atoms with van der Waals surface area (Å²) >= 11 is 0. The molecule has 1 aliphatic carbocycles. The second kappa shape index (κ2) is 6.58. The molecule has 2 aliphatic rings. The maximum absolute atomic E-state index is 11.5. The molecule has 114 valence electrons. The van der Waals surface area contributed by atoms with Crippen LogP contribution in [0.15, 0.2) is 24.3 Å². The van der Waals surface area contributed by atoms with Gasteiger partial charge in [-0.2, -0.15) is 0 Å². The number of carbonyl (C=O) groups is 1. The molecule has 2 fully saturated rings. The second-order valence-electron chi connectivity index (χ2n) is 6.14. The molecule has 1 unspecified atom stereocenters. The molecular weight excluding hydrogens is 264 g/mol. The van der Waals surface area contributed by atoms with Crippen molar-refractivity contribution in [3.05, 3.63) is 35.4 Å². The van der Waals surface area contributed by atoms with Crippen molar-refractivity contribution in [2.75, 3.05) is 20.2 Å². The third kappa shape index (κ3) is 3.83. The third-order valence-corrected chi connectivity index (χ3v) is 4.44. The van der Waals surface area contributed by atoms with Crippen molar-refractivity contribution in [3.63, 3.8) is 0 Å². The summed E-state index contributed by atoms with van der Waals surface area (Å²) in [6, 6.07) is 9.22. The van der Waals surface area contributed by atoms with Gasteiger partial charge < -0.3 is 10.1 Å². The molecule has 0 aromatic heterocycles. The molecule has 4 nitrogen and oxygen atoms in total. The smallest absolute Gasteiger partial charge is 0.337 e. The molecule has 3 rings (SSSR count). The molecule has 1 N–H and O–H groups in total. The summed E-state index contributed by atoms with van der Waals surface area (Å²) in [5.74, 6) is -0.268. The first-order valence-corrected chi connectivity index (χ1v) is 7.91. The van der Waals surface area contributed by atoms with E-state index in [9.17, 15) is 4.79 Å². The fraction of sp³-hybridized carbons (Fsp3) is 0.588. The average molecular weight is 288 g/mol. The quantitative estimate of drug-likeness (QED) is 0.815. The van der Waals surface area contributed by atoms with Crippen LogP contribution in [0.4, 0.5) is 0 Å². The minimum Gasteiger partial charge on any atom is -0.465 e. The molecule has 4 heteroatoms. The van der Waals surface area contributed by atoms with Crippen LogP contribution in [0.5, 0.6) is 0 Å². The van der Waals surface area contributed by atoms with E-state index in [1.807, 2.05) is 24.3 Å². The van der Waals surface area contributed by atoms with Gasteiger partial charge in [0.2, 0.25) is 0 Å². The highest BCUT2D eigenvalue weighted by atomic mass is 16.5. The molecule has 0 bridgehead atoms. The molecule has 1 saturated carbocycles. The number of carbonyl (C=O) groups excluding carboxylic acids is 1. The van der Waals surface area contributed by atoms with Crippen LogP contribution in [0, 0.1) is 0 Å². The van der Waals surface area contributed by atoms with Crippen LogP contribution in [0.2, 0.25) is 0 Å². The summed E-state index contributed by atoms with van der Waals surface area (Å²) in [5.41, 5.74) is 1.89. The number of ether oxygens (including phenoxy) is 1. The van der Waals surface area contributed by atoms with E-state index in [4.69, 9.17) is 4.74 Å². The van der Waals surface area contributed by atoms with Gasteiger partial charge in [-0.05, 0) is 49.9 Å². The van der Waals surface area contributed by atoms with Crippen molar-refractivity contribution in [1.82, 2.24) is 10.2 Å². The highest BCUT2D eigenvalue weighted by Gasteiger charge is 2.31.